The molecule has 7 heteroatoms. The lowest BCUT2D eigenvalue weighted by molar-refractivity contribution is 0.0910. The molecule has 2 aromatic heterocycles. The number of rotatable bonds is 7. The first kappa shape index (κ1) is 20.7. The molecule has 2 aromatic carbocycles. The van der Waals surface area contributed by atoms with Crippen molar-refractivity contribution in [2.75, 3.05) is 26.7 Å². The van der Waals surface area contributed by atoms with Crippen LogP contribution in [0.4, 0.5) is 0 Å². The van der Waals surface area contributed by atoms with Gasteiger partial charge in [0, 0.05) is 12.1 Å². The smallest absolute Gasteiger partial charge is 0.287 e. The highest BCUT2D eigenvalue weighted by Gasteiger charge is 2.27. The van der Waals surface area contributed by atoms with Gasteiger partial charge in [-0.05, 0) is 56.3 Å². The number of benzene rings is 2. The molecule has 0 spiro atoms. The molecule has 5 rings (SSSR count). The van der Waals surface area contributed by atoms with Crippen molar-refractivity contribution in [2.24, 2.45) is 0 Å². The van der Waals surface area contributed by atoms with Crippen molar-refractivity contribution in [3.8, 4) is 16.5 Å². The number of likely N-dealkylation sites (tertiary alicyclic amines) is 1. The van der Waals surface area contributed by atoms with E-state index in [1.807, 2.05) is 48.5 Å². The molecule has 0 radical (unpaired) electrons. The van der Waals surface area contributed by atoms with Crippen molar-refractivity contribution < 1.29 is 13.9 Å². The predicted molar refractivity (Wildman–Crippen MR) is 126 cm³/mol. The second kappa shape index (κ2) is 9.14. The second-order valence-electron chi connectivity index (χ2n) is 7.86. The fraction of sp³-hybridized carbons (Fsp3) is 0.280. The Bertz CT molecular complexity index is 1190. The standard InChI is InChI=1S/C25H25N3O3S/c1-30-20-10-4-2-8-17(20)19(28-14-6-7-15-28)16-26-24(29)21-12-13-22(31-21)25-27-18-9-3-5-11-23(18)32-25/h2-5,8-13,19H,6-7,14-16H2,1H3,(H,26,29). The first-order chi connectivity index (χ1) is 15.7. The third kappa shape index (κ3) is 4.13. The molecule has 1 fully saturated rings. The molecule has 164 valence electrons. The van der Waals surface area contributed by atoms with Gasteiger partial charge in [-0.1, -0.05) is 30.3 Å². The number of hydrogen-bond acceptors (Lipinski definition) is 6. The van der Waals surface area contributed by atoms with E-state index in [-0.39, 0.29) is 11.9 Å². The zero-order valence-corrected chi connectivity index (χ0v) is 18.7. The summed E-state index contributed by atoms with van der Waals surface area (Å²) < 4.78 is 12.6. The number of methoxy groups -OCH3 is 1. The van der Waals surface area contributed by atoms with Crippen LogP contribution in [0.1, 0.15) is 35.0 Å². The molecule has 1 atom stereocenters. The van der Waals surface area contributed by atoms with Crippen molar-refractivity contribution in [3.63, 3.8) is 0 Å². The van der Waals surface area contributed by atoms with Crippen molar-refractivity contribution in [3.05, 3.63) is 72.0 Å². The third-order valence-electron chi connectivity index (χ3n) is 5.87. The quantitative estimate of drug-likeness (QED) is 0.425. The van der Waals surface area contributed by atoms with E-state index in [1.165, 1.54) is 12.8 Å². The Hall–Kier alpha value is -3.16. The van der Waals surface area contributed by atoms with Gasteiger partial charge in [-0.3, -0.25) is 9.69 Å². The zero-order valence-electron chi connectivity index (χ0n) is 17.9. The maximum absolute atomic E-state index is 12.9. The SMILES string of the molecule is COc1ccccc1C(CNC(=O)c1ccc(-c2nc3ccccc3s2)o1)N1CCCC1. The normalized spacial score (nSPS) is 15.2. The molecule has 0 aliphatic carbocycles. The number of hydrogen-bond donors (Lipinski definition) is 1. The lowest BCUT2D eigenvalue weighted by atomic mass is 10.0. The summed E-state index contributed by atoms with van der Waals surface area (Å²) in [6.07, 6.45) is 2.34. The average Bonchev–Trinajstić information content (AvgIpc) is 3.59. The van der Waals surface area contributed by atoms with Crippen molar-refractivity contribution in [2.45, 2.75) is 18.9 Å². The molecular weight excluding hydrogens is 422 g/mol. The van der Waals surface area contributed by atoms with Gasteiger partial charge in [0.05, 0.1) is 23.4 Å². The van der Waals surface area contributed by atoms with Gasteiger partial charge in [0.1, 0.15) is 5.75 Å². The molecule has 1 aliphatic rings. The van der Waals surface area contributed by atoms with Crippen LogP contribution in [0.3, 0.4) is 0 Å². The summed E-state index contributed by atoms with van der Waals surface area (Å²) in [5.41, 5.74) is 2.02. The molecule has 1 aliphatic heterocycles. The molecule has 4 aromatic rings. The molecule has 0 saturated carbocycles. The van der Waals surface area contributed by atoms with Crippen LogP contribution in [0.15, 0.2) is 65.1 Å². The highest BCUT2D eigenvalue weighted by molar-refractivity contribution is 7.21. The number of carbonyl (C=O) groups excluding carboxylic acids is 1. The van der Waals surface area contributed by atoms with Crippen LogP contribution in [-0.4, -0.2) is 42.5 Å². The largest absolute Gasteiger partial charge is 0.496 e. The van der Waals surface area contributed by atoms with Crippen LogP contribution in [0.2, 0.25) is 0 Å². The Morgan fingerprint density at radius 2 is 1.91 bits per heavy atom. The molecule has 1 unspecified atom stereocenters. The van der Waals surface area contributed by atoms with E-state index < -0.39 is 0 Å². The number of carbonyl (C=O) groups is 1. The molecule has 32 heavy (non-hydrogen) atoms. The number of fused-ring (bicyclic) bond motifs is 1. The number of nitrogens with zero attached hydrogens (tertiary/aromatic N) is 2. The summed E-state index contributed by atoms with van der Waals surface area (Å²) in [6, 6.07) is 19.6. The van der Waals surface area contributed by atoms with Gasteiger partial charge >= 0.3 is 0 Å². The Labute approximate surface area is 190 Å². The fourth-order valence-corrected chi connectivity index (χ4v) is 5.19. The summed E-state index contributed by atoms with van der Waals surface area (Å²) in [4.78, 5) is 19.9. The van der Waals surface area contributed by atoms with Crippen LogP contribution in [0, 0.1) is 0 Å². The van der Waals surface area contributed by atoms with E-state index in [0.717, 1.165) is 39.6 Å². The van der Waals surface area contributed by atoms with Crippen LogP contribution < -0.4 is 10.1 Å². The number of aromatic nitrogens is 1. The van der Waals surface area contributed by atoms with E-state index >= 15 is 0 Å². The third-order valence-corrected chi connectivity index (χ3v) is 6.92. The van der Waals surface area contributed by atoms with Gasteiger partial charge in [-0.15, -0.1) is 11.3 Å². The highest BCUT2D eigenvalue weighted by Crippen LogP contribution is 2.32. The van der Waals surface area contributed by atoms with Crippen molar-refractivity contribution >= 4 is 27.5 Å². The lowest BCUT2D eigenvalue weighted by Crippen LogP contribution is -2.36. The average molecular weight is 448 g/mol. The summed E-state index contributed by atoms with van der Waals surface area (Å²) >= 11 is 1.55. The van der Waals surface area contributed by atoms with Crippen LogP contribution in [0.5, 0.6) is 5.75 Å². The van der Waals surface area contributed by atoms with E-state index in [1.54, 1.807) is 24.5 Å². The number of nitrogens with one attached hydrogen (secondary N) is 1. The molecule has 3 heterocycles. The van der Waals surface area contributed by atoms with Gasteiger partial charge in [-0.2, -0.15) is 0 Å². The van der Waals surface area contributed by atoms with E-state index in [4.69, 9.17) is 9.15 Å². The van der Waals surface area contributed by atoms with Gasteiger partial charge in [-0.25, -0.2) is 4.98 Å². The first-order valence-electron chi connectivity index (χ1n) is 10.8. The van der Waals surface area contributed by atoms with Crippen LogP contribution in [0.25, 0.3) is 21.0 Å². The van der Waals surface area contributed by atoms with E-state index in [9.17, 15) is 4.79 Å². The number of ether oxygens (including phenoxy) is 1. The summed E-state index contributed by atoms with van der Waals surface area (Å²) in [5.74, 6) is 1.52. The van der Waals surface area contributed by atoms with E-state index in [2.05, 4.69) is 21.3 Å². The van der Waals surface area contributed by atoms with Crippen molar-refractivity contribution in [1.82, 2.24) is 15.2 Å². The minimum absolute atomic E-state index is 0.0521. The minimum Gasteiger partial charge on any atom is -0.496 e. The second-order valence-corrected chi connectivity index (χ2v) is 8.89. The van der Waals surface area contributed by atoms with Gasteiger partial charge in [0.2, 0.25) is 0 Å². The fourth-order valence-electron chi connectivity index (χ4n) is 4.26. The topological polar surface area (TPSA) is 67.6 Å². The van der Waals surface area contributed by atoms with E-state index in [0.29, 0.717) is 18.1 Å². The van der Waals surface area contributed by atoms with Crippen LogP contribution >= 0.6 is 11.3 Å². The zero-order chi connectivity index (χ0) is 21.9. The summed E-state index contributed by atoms with van der Waals surface area (Å²) in [6.45, 7) is 2.51. The molecule has 1 saturated heterocycles. The molecule has 0 bridgehead atoms. The van der Waals surface area contributed by atoms with Gasteiger partial charge in [0.25, 0.3) is 5.91 Å². The maximum atomic E-state index is 12.9. The number of furan rings is 1. The summed E-state index contributed by atoms with van der Waals surface area (Å²) in [5, 5.41) is 3.84. The Kier molecular flexibility index (Phi) is 5.92. The Balaban J connectivity index is 1.32. The number of para-hydroxylation sites is 2. The lowest BCUT2D eigenvalue weighted by Gasteiger charge is -2.29. The Morgan fingerprint density at radius 1 is 1.12 bits per heavy atom. The monoisotopic (exact) mass is 447 g/mol. The molecule has 1 amide bonds. The molecule has 6 nitrogen and oxygen atoms in total. The molecular formula is C25H25N3O3S. The highest BCUT2D eigenvalue weighted by atomic mass is 32.1. The summed E-state index contributed by atoms with van der Waals surface area (Å²) in [7, 11) is 1.69. The number of amides is 1. The minimum atomic E-state index is -0.226. The van der Waals surface area contributed by atoms with Crippen molar-refractivity contribution in [1.29, 1.82) is 0 Å². The first-order valence-corrected chi connectivity index (χ1v) is 11.7. The van der Waals surface area contributed by atoms with Crippen LogP contribution in [-0.2, 0) is 0 Å². The predicted octanol–water partition coefficient (Wildman–Crippen LogP) is 5.13. The molecule has 1 N–H and O–H groups in total. The number of thiazole rings is 1. The van der Waals surface area contributed by atoms with Gasteiger partial charge < -0.3 is 14.5 Å². The van der Waals surface area contributed by atoms with Gasteiger partial charge in [0.15, 0.2) is 16.5 Å². The maximum Gasteiger partial charge on any atom is 0.287 e. The Morgan fingerprint density at radius 3 is 2.72 bits per heavy atom.